The molecule has 2 atom stereocenters. The molecule has 0 bridgehead atoms. The Morgan fingerprint density at radius 2 is 1.88 bits per heavy atom. The number of hydrogen-bond donors (Lipinski definition) is 1. The molecule has 2 aromatic rings. The number of ether oxygens (including phenoxy) is 2. The Hall–Kier alpha value is -3.34. The number of carbonyl (C=O) groups excluding carboxylic acids is 2. The molecule has 182 valence electrons. The molecular weight excluding hydrogens is 455 g/mol. The molecule has 1 aromatic heterocycles. The van der Waals surface area contributed by atoms with Gasteiger partial charge in [0.2, 0.25) is 5.43 Å². The fraction of sp³-hybridized carbons (Fsp3) is 0.435. The maximum Gasteiger partial charge on any atom is 0.275 e. The highest BCUT2D eigenvalue weighted by Crippen LogP contribution is 2.36. The topological polar surface area (TPSA) is 89.9 Å². The molecule has 4 rings (SSSR count). The predicted molar refractivity (Wildman–Crippen MR) is 114 cm³/mol. The van der Waals surface area contributed by atoms with Gasteiger partial charge in [0.15, 0.2) is 11.4 Å². The molecule has 1 N–H and O–H groups in total. The van der Waals surface area contributed by atoms with Gasteiger partial charge in [0.05, 0.1) is 25.8 Å². The zero-order valence-electron chi connectivity index (χ0n) is 18.9. The molecule has 2 amide bonds. The van der Waals surface area contributed by atoms with Gasteiger partial charge in [0, 0.05) is 43.1 Å². The Morgan fingerprint density at radius 3 is 2.50 bits per heavy atom. The van der Waals surface area contributed by atoms with Gasteiger partial charge in [-0.2, -0.15) is 0 Å². The quantitative estimate of drug-likeness (QED) is 0.712. The van der Waals surface area contributed by atoms with Crippen molar-refractivity contribution in [1.82, 2.24) is 14.8 Å². The molecule has 11 heteroatoms. The average Bonchev–Trinajstić information content (AvgIpc) is 2.77. The van der Waals surface area contributed by atoms with Crippen molar-refractivity contribution in [3.8, 4) is 5.75 Å². The number of hydrogen-bond acceptors (Lipinski definition) is 5. The molecule has 2 aliphatic rings. The van der Waals surface area contributed by atoms with Crippen molar-refractivity contribution in [2.45, 2.75) is 44.9 Å². The van der Waals surface area contributed by atoms with E-state index in [1.54, 1.807) is 9.47 Å². The van der Waals surface area contributed by atoms with Gasteiger partial charge in [-0.15, -0.1) is 0 Å². The van der Waals surface area contributed by atoms with Crippen LogP contribution in [0.15, 0.2) is 23.1 Å². The van der Waals surface area contributed by atoms with Crippen molar-refractivity contribution in [2.24, 2.45) is 0 Å². The van der Waals surface area contributed by atoms with Crippen LogP contribution in [0.4, 0.5) is 13.2 Å². The molecule has 0 saturated carbocycles. The van der Waals surface area contributed by atoms with Crippen LogP contribution in [-0.4, -0.2) is 53.7 Å². The summed E-state index contributed by atoms with van der Waals surface area (Å²) in [6.07, 6.45) is 1.82. The van der Waals surface area contributed by atoms with Gasteiger partial charge >= 0.3 is 0 Å². The van der Waals surface area contributed by atoms with Gasteiger partial charge in [-0.25, -0.2) is 13.2 Å². The van der Waals surface area contributed by atoms with E-state index in [1.807, 2.05) is 13.8 Å². The molecule has 0 aliphatic carbocycles. The molecule has 34 heavy (non-hydrogen) atoms. The van der Waals surface area contributed by atoms with Crippen LogP contribution in [-0.2, 0) is 11.3 Å². The second kappa shape index (κ2) is 9.13. The number of aromatic nitrogens is 1. The lowest BCUT2D eigenvalue weighted by atomic mass is 9.94. The SMILES string of the molecule is COc1c2n(cc(C(=O)NCc3c(F)cc(F)cc3F)c1=O)[C@H]1CCOC[C@H]1N(C(C)C)C2=O. The molecule has 1 aromatic carbocycles. The third-order valence-electron chi connectivity index (χ3n) is 6.17. The number of rotatable bonds is 5. The summed E-state index contributed by atoms with van der Waals surface area (Å²) < 4.78 is 53.5. The van der Waals surface area contributed by atoms with Crippen molar-refractivity contribution in [3.05, 3.63) is 62.8 Å². The van der Waals surface area contributed by atoms with Crippen LogP contribution in [0.25, 0.3) is 0 Å². The van der Waals surface area contributed by atoms with Gasteiger partial charge in [-0.3, -0.25) is 14.4 Å². The summed E-state index contributed by atoms with van der Waals surface area (Å²) in [5.41, 5.74) is -1.68. The maximum atomic E-state index is 13.9. The third kappa shape index (κ3) is 3.93. The van der Waals surface area contributed by atoms with Gasteiger partial charge in [0.25, 0.3) is 11.8 Å². The van der Waals surface area contributed by atoms with E-state index in [0.29, 0.717) is 31.8 Å². The molecule has 0 radical (unpaired) electrons. The number of nitrogens with one attached hydrogen (secondary N) is 1. The van der Waals surface area contributed by atoms with Crippen LogP contribution in [0.2, 0.25) is 0 Å². The summed E-state index contributed by atoms with van der Waals surface area (Å²) in [7, 11) is 1.23. The van der Waals surface area contributed by atoms with Crippen molar-refractivity contribution >= 4 is 11.8 Å². The van der Waals surface area contributed by atoms with E-state index in [-0.39, 0.29) is 35.1 Å². The highest BCUT2D eigenvalue weighted by atomic mass is 19.1. The first kappa shape index (κ1) is 23.8. The van der Waals surface area contributed by atoms with Gasteiger partial charge in [0.1, 0.15) is 23.0 Å². The van der Waals surface area contributed by atoms with E-state index in [4.69, 9.17) is 9.47 Å². The molecule has 1 saturated heterocycles. The summed E-state index contributed by atoms with van der Waals surface area (Å²) in [6.45, 7) is 3.84. The number of methoxy groups -OCH3 is 1. The van der Waals surface area contributed by atoms with Crippen molar-refractivity contribution in [1.29, 1.82) is 0 Å². The average molecular weight is 479 g/mol. The number of amides is 2. The number of benzene rings is 1. The van der Waals surface area contributed by atoms with E-state index < -0.39 is 46.8 Å². The minimum Gasteiger partial charge on any atom is -0.491 e. The Kier molecular flexibility index (Phi) is 6.39. The van der Waals surface area contributed by atoms with Crippen molar-refractivity contribution in [2.75, 3.05) is 20.3 Å². The van der Waals surface area contributed by atoms with E-state index in [1.165, 1.54) is 13.3 Å². The number of nitrogens with zero attached hydrogens (tertiary/aromatic N) is 2. The van der Waals surface area contributed by atoms with Gasteiger partial charge < -0.3 is 24.3 Å². The molecule has 0 unspecified atom stereocenters. The van der Waals surface area contributed by atoms with Crippen LogP contribution in [0.5, 0.6) is 5.75 Å². The van der Waals surface area contributed by atoms with Gasteiger partial charge in [-0.1, -0.05) is 0 Å². The number of pyridine rings is 1. The normalized spacial score (nSPS) is 19.6. The molecule has 1 fully saturated rings. The van der Waals surface area contributed by atoms with E-state index >= 15 is 0 Å². The smallest absolute Gasteiger partial charge is 0.275 e. The highest BCUT2D eigenvalue weighted by molar-refractivity contribution is 5.99. The van der Waals surface area contributed by atoms with Crippen LogP contribution in [0.3, 0.4) is 0 Å². The fourth-order valence-corrected chi connectivity index (χ4v) is 4.63. The lowest BCUT2D eigenvalue weighted by Gasteiger charge is -2.47. The molecular formula is C23H24F3N3O5. The first-order valence-electron chi connectivity index (χ1n) is 10.8. The highest BCUT2D eigenvalue weighted by Gasteiger charge is 2.44. The Bertz CT molecular complexity index is 1190. The fourth-order valence-electron chi connectivity index (χ4n) is 4.63. The zero-order valence-corrected chi connectivity index (χ0v) is 18.9. The van der Waals surface area contributed by atoms with Crippen LogP contribution >= 0.6 is 0 Å². The first-order valence-corrected chi connectivity index (χ1v) is 10.8. The second-order valence-corrected chi connectivity index (χ2v) is 8.50. The third-order valence-corrected chi connectivity index (χ3v) is 6.17. The predicted octanol–water partition coefficient (Wildman–Crippen LogP) is 2.40. The van der Waals surface area contributed by atoms with E-state index in [2.05, 4.69) is 5.32 Å². The zero-order chi connectivity index (χ0) is 24.7. The van der Waals surface area contributed by atoms with Crippen LogP contribution in [0, 0.1) is 17.5 Å². The van der Waals surface area contributed by atoms with Crippen molar-refractivity contribution in [3.63, 3.8) is 0 Å². The first-order chi connectivity index (χ1) is 16.1. The lowest BCUT2D eigenvalue weighted by molar-refractivity contribution is -0.0276. The van der Waals surface area contributed by atoms with Gasteiger partial charge in [-0.05, 0) is 20.3 Å². The molecule has 8 nitrogen and oxygen atoms in total. The van der Waals surface area contributed by atoms with Crippen LogP contribution in [0.1, 0.15) is 52.7 Å². The lowest BCUT2D eigenvalue weighted by Crippen LogP contribution is -2.58. The summed E-state index contributed by atoms with van der Waals surface area (Å²) in [5, 5.41) is 2.30. The summed E-state index contributed by atoms with van der Waals surface area (Å²) >= 11 is 0. The number of fused-ring (bicyclic) bond motifs is 3. The minimum absolute atomic E-state index is 0.0384. The Morgan fingerprint density at radius 1 is 1.21 bits per heavy atom. The minimum atomic E-state index is -1.16. The maximum absolute atomic E-state index is 13.9. The monoisotopic (exact) mass is 479 g/mol. The molecule has 0 spiro atoms. The number of halogens is 3. The Labute approximate surface area is 193 Å². The van der Waals surface area contributed by atoms with Crippen molar-refractivity contribution < 1.29 is 32.2 Å². The van der Waals surface area contributed by atoms with E-state index in [9.17, 15) is 27.6 Å². The molecule has 2 aliphatic heterocycles. The largest absolute Gasteiger partial charge is 0.491 e. The standard InChI is InChI=1S/C23H24F3N3O5/c1-11(2)29-18-10-34-5-4-17(18)28-9-14(20(30)21(33-3)19(28)23(29)32)22(31)27-8-13-15(25)6-12(24)7-16(13)26/h6-7,9,11,17-18H,4-5,8,10H2,1-3H3,(H,27,31)/t17-,18+/m0/s1. The summed E-state index contributed by atoms with van der Waals surface area (Å²) in [6, 6.07) is 0.257. The molecule has 3 heterocycles. The summed E-state index contributed by atoms with van der Waals surface area (Å²) in [5.74, 6) is -5.03. The number of carbonyl (C=O) groups is 2. The second-order valence-electron chi connectivity index (χ2n) is 8.50. The Balaban J connectivity index is 1.74. The summed E-state index contributed by atoms with van der Waals surface area (Å²) in [4.78, 5) is 41.0. The van der Waals surface area contributed by atoms with E-state index in [0.717, 1.165) is 0 Å². The van der Waals surface area contributed by atoms with Crippen LogP contribution < -0.4 is 15.5 Å².